The van der Waals surface area contributed by atoms with Gasteiger partial charge in [-0.05, 0) is 17.5 Å². The summed E-state index contributed by atoms with van der Waals surface area (Å²) >= 11 is 0. The third kappa shape index (κ3) is 1.98. The molecule has 4 heteroatoms. The van der Waals surface area contributed by atoms with Crippen LogP contribution in [-0.4, -0.2) is 27.9 Å². The number of hydrogen-bond donors (Lipinski definition) is 1. The Kier molecular flexibility index (Phi) is 3.36. The van der Waals surface area contributed by atoms with Gasteiger partial charge in [0.15, 0.2) is 0 Å². The first-order valence-corrected chi connectivity index (χ1v) is 6.18. The monoisotopic (exact) mass is 247 g/mol. The molecule has 0 radical (unpaired) electrons. The zero-order chi connectivity index (χ0) is 13.3. The zero-order valence-electron chi connectivity index (χ0n) is 10.6. The van der Waals surface area contributed by atoms with E-state index >= 15 is 0 Å². The maximum atomic E-state index is 12.2. The Hall–Kier alpha value is -1.84. The fourth-order valence-electron chi connectivity index (χ4n) is 2.41. The minimum Gasteiger partial charge on any atom is -0.480 e. The molecule has 1 amide bonds. The van der Waals surface area contributed by atoms with Crippen LogP contribution in [0.1, 0.15) is 36.2 Å². The van der Waals surface area contributed by atoms with Crippen molar-refractivity contribution in [3.8, 4) is 0 Å². The number of hydrogen-bond acceptors (Lipinski definition) is 2. The predicted molar refractivity (Wildman–Crippen MR) is 67.2 cm³/mol. The van der Waals surface area contributed by atoms with E-state index in [9.17, 15) is 14.7 Å². The lowest BCUT2D eigenvalue weighted by Gasteiger charge is -2.28. The fourth-order valence-corrected chi connectivity index (χ4v) is 2.41. The lowest BCUT2D eigenvalue weighted by atomic mass is 9.98. The number of carbonyl (C=O) groups is 2. The molecule has 1 aromatic rings. The molecule has 0 bridgehead atoms. The maximum absolute atomic E-state index is 12.2. The van der Waals surface area contributed by atoms with E-state index < -0.39 is 12.0 Å². The summed E-state index contributed by atoms with van der Waals surface area (Å²) in [6.45, 7) is 4.21. The van der Waals surface area contributed by atoms with Gasteiger partial charge >= 0.3 is 5.97 Å². The summed E-state index contributed by atoms with van der Waals surface area (Å²) in [5.41, 5.74) is 1.55. The largest absolute Gasteiger partial charge is 0.480 e. The Bertz CT molecular complexity index is 484. The van der Waals surface area contributed by atoms with E-state index in [1.807, 2.05) is 26.0 Å². The summed E-state index contributed by atoms with van der Waals surface area (Å²) in [5.74, 6) is -1.15. The van der Waals surface area contributed by atoms with E-state index in [0.717, 1.165) is 12.0 Å². The maximum Gasteiger partial charge on any atom is 0.326 e. The summed E-state index contributed by atoms with van der Waals surface area (Å²) < 4.78 is 0. The number of carboxylic acids is 1. The third-order valence-corrected chi connectivity index (χ3v) is 3.62. The van der Waals surface area contributed by atoms with Crippen molar-refractivity contribution in [1.82, 2.24) is 4.90 Å². The minimum absolute atomic E-state index is 0.0548. The summed E-state index contributed by atoms with van der Waals surface area (Å²) in [4.78, 5) is 25.1. The van der Waals surface area contributed by atoms with E-state index in [1.165, 1.54) is 4.90 Å². The average molecular weight is 247 g/mol. The van der Waals surface area contributed by atoms with Crippen LogP contribution < -0.4 is 0 Å². The Balaban J connectivity index is 2.31. The molecule has 1 aliphatic rings. The molecule has 0 aromatic heterocycles. The minimum atomic E-state index is -0.925. The van der Waals surface area contributed by atoms with Crippen LogP contribution in [0.2, 0.25) is 0 Å². The molecular weight excluding hydrogens is 230 g/mol. The highest BCUT2D eigenvalue weighted by Gasteiger charge is 2.38. The molecule has 0 saturated heterocycles. The van der Waals surface area contributed by atoms with Gasteiger partial charge in [-0.1, -0.05) is 38.5 Å². The van der Waals surface area contributed by atoms with Crippen molar-refractivity contribution in [2.24, 2.45) is 5.92 Å². The second-order valence-electron chi connectivity index (χ2n) is 4.76. The highest BCUT2D eigenvalue weighted by molar-refractivity contribution is 6.00. The Morgan fingerprint density at radius 1 is 1.44 bits per heavy atom. The molecule has 1 heterocycles. The normalized spacial score (nSPS) is 17.4. The molecule has 0 spiro atoms. The number of nitrogens with zero attached hydrogens (tertiary/aromatic N) is 1. The molecule has 1 N–H and O–H groups in total. The van der Waals surface area contributed by atoms with Crippen molar-refractivity contribution in [2.45, 2.75) is 32.9 Å². The molecule has 0 aliphatic carbocycles. The fraction of sp³-hybridized carbons (Fsp3) is 0.429. The van der Waals surface area contributed by atoms with Crippen molar-refractivity contribution < 1.29 is 14.7 Å². The van der Waals surface area contributed by atoms with Crippen LogP contribution >= 0.6 is 0 Å². The van der Waals surface area contributed by atoms with E-state index in [0.29, 0.717) is 12.1 Å². The number of aliphatic carboxylic acids is 1. The number of amides is 1. The smallest absolute Gasteiger partial charge is 0.326 e. The van der Waals surface area contributed by atoms with Crippen molar-refractivity contribution in [3.63, 3.8) is 0 Å². The molecule has 0 saturated carbocycles. The van der Waals surface area contributed by atoms with Gasteiger partial charge in [-0.25, -0.2) is 4.79 Å². The van der Waals surface area contributed by atoms with E-state index in [2.05, 4.69) is 0 Å². The van der Waals surface area contributed by atoms with Gasteiger partial charge in [0.1, 0.15) is 6.04 Å². The molecule has 2 atom stereocenters. The Morgan fingerprint density at radius 2 is 2.11 bits per heavy atom. The van der Waals surface area contributed by atoms with Gasteiger partial charge in [0.05, 0.1) is 0 Å². The van der Waals surface area contributed by atoms with E-state index in [1.54, 1.807) is 12.1 Å². The second kappa shape index (κ2) is 4.80. The lowest BCUT2D eigenvalue weighted by molar-refractivity contribution is -0.144. The van der Waals surface area contributed by atoms with Crippen LogP contribution in [0.3, 0.4) is 0 Å². The average Bonchev–Trinajstić information content (AvgIpc) is 2.67. The van der Waals surface area contributed by atoms with Crippen molar-refractivity contribution in [1.29, 1.82) is 0 Å². The molecule has 2 unspecified atom stereocenters. The van der Waals surface area contributed by atoms with E-state index in [-0.39, 0.29) is 11.8 Å². The number of carboxylic acid groups (broad SMARTS) is 1. The van der Waals surface area contributed by atoms with Crippen LogP contribution in [0.5, 0.6) is 0 Å². The van der Waals surface area contributed by atoms with Gasteiger partial charge in [0.25, 0.3) is 5.91 Å². The summed E-state index contributed by atoms with van der Waals surface area (Å²) in [6, 6.07) is 6.57. The Labute approximate surface area is 106 Å². The van der Waals surface area contributed by atoms with Gasteiger partial charge < -0.3 is 10.0 Å². The third-order valence-electron chi connectivity index (χ3n) is 3.62. The van der Waals surface area contributed by atoms with Crippen molar-refractivity contribution >= 4 is 11.9 Å². The predicted octanol–water partition coefficient (Wildman–Crippen LogP) is 2.14. The molecule has 1 aliphatic heterocycles. The SMILES string of the molecule is CCC(C)C(C(=O)O)N1Cc2ccccc2C1=O. The summed E-state index contributed by atoms with van der Waals surface area (Å²) in [5, 5.41) is 9.34. The van der Waals surface area contributed by atoms with Gasteiger partial charge in [-0.2, -0.15) is 0 Å². The van der Waals surface area contributed by atoms with Crippen LogP contribution in [0.25, 0.3) is 0 Å². The first-order valence-electron chi connectivity index (χ1n) is 6.18. The summed E-state index contributed by atoms with van der Waals surface area (Å²) in [7, 11) is 0. The molecular formula is C14H17NO3. The molecule has 4 nitrogen and oxygen atoms in total. The first-order chi connectivity index (χ1) is 8.56. The van der Waals surface area contributed by atoms with Crippen LogP contribution in [0.4, 0.5) is 0 Å². The van der Waals surface area contributed by atoms with Gasteiger partial charge in [0.2, 0.25) is 0 Å². The standard InChI is InChI=1S/C14H17NO3/c1-3-9(2)12(14(17)18)15-8-10-6-4-5-7-11(10)13(15)16/h4-7,9,12H,3,8H2,1-2H3,(H,17,18). The zero-order valence-corrected chi connectivity index (χ0v) is 10.6. The number of rotatable bonds is 4. The molecule has 18 heavy (non-hydrogen) atoms. The van der Waals surface area contributed by atoms with Gasteiger partial charge in [0, 0.05) is 12.1 Å². The van der Waals surface area contributed by atoms with E-state index in [4.69, 9.17) is 0 Å². The quantitative estimate of drug-likeness (QED) is 0.886. The van der Waals surface area contributed by atoms with Crippen LogP contribution in [0.15, 0.2) is 24.3 Å². The highest BCUT2D eigenvalue weighted by atomic mass is 16.4. The van der Waals surface area contributed by atoms with Crippen LogP contribution in [0, 0.1) is 5.92 Å². The number of carbonyl (C=O) groups excluding carboxylic acids is 1. The number of benzene rings is 1. The van der Waals surface area contributed by atoms with Gasteiger partial charge in [-0.3, -0.25) is 4.79 Å². The number of fused-ring (bicyclic) bond motifs is 1. The molecule has 2 rings (SSSR count). The van der Waals surface area contributed by atoms with Crippen molar-refractivity contribution in [2.75, 3.05) is 0 Å². The highest BCUT2D eigenvalue weighted by Crippen LogP contribution is 2.27. The van der Waals surface area contributed by atoms with Crippen LogP contribution in [-0.2, 0) is 11.3 Å². The topological polar surface area (TPSA) is 57.6 Å². The lowest BCUT2D eigenvalue weighted by Crippen LogP contribution is -2.45. The molecule has 96 valence electrons. The molecule has 0 fully saturated rings. The second-order valence-corrected chi connectivity index (χ2v) is 4.76. The molecule has 1 aromatic carbocycles. The first kappa shape index (κ1) is 12.6. The van der Waals surface area contributed by atoms with Crippen molar-refractivity contribution in [3.05, 3.63) is 35.4 Å². The Morgan fingerprint density at radius 3 is 2.67 bits per heavy atom. The van der Waals surface area contributed by atoms with Gasteiger partial charge in [-0.15, -0.1) is 0 Å². The summed E-state index contributed by atoms with van der Waals surface area (Å²) in [6.07, 6.45) is 0.733.